The van der Waals surface area contributed by atoms with Crippen molar-refractivity contribution in [3.05, 3.63) is 23.8 Å². The minimum atomic E-state index is -0.281. The van der Waals surface area contributed by atoms with Crippen molar-refractivity contribution in [1.82, 2.24) is 5.32 Å². The number of hydrogen-bond acceptors (Lipinski definition) is 4. The smallest absolute Gasteiger partial charge is 0.127 e. The summed E-state index contributed by atoms with van der Waals surface area (Å²) in [6, 6.07) is 8.16. The first-order valence-electron chi connectivity index (χ1n) is 6.01. The quantitative estimate of drug-likeness (QED) is 0.866. The Hall–Kier alpha value is -1.73. The van der Waals surface area contributed by atoms with Gasteiger partial charge in [-0.3, -0.25) is 0 Å². The zero-order chi connectivity index (χ0) is 13.2. The molecule has 0 heterocycles. The van der Waals surface area contributed by atoms with Crippen molar-refractivity contribution in [3.63, 3.8) is 0 Å². The van der Waals surface area contributed by atoms with Gasteiger partial charge in [-0.1, -0.05) is 6.07 Å². The van der Waals surface area contributed by atoms with Gasteiger partial charge in [-0.25, -0.2) is 0 Å². The van der Waals surface area contributed by atoms with Crippen molar-refractivity contribution in [2.75, 3.05) is 21.3 Å². The summed E-state index contributed by atoms with van der Waals surface area (Å²) in [5.41, 5.74) is 0.733. The molecule has 1 saturated carbocycles. The maximum Gasteiger partial charge on any atom is 0.127 e. The highest BCUT2D eigenvalue weighted by Crippen LogP contribution is 2.55. The molecular formula is C14H18N2O2. The van der Waals surface area contributed by atoms with Gasteiger partial charge in [-0.2, -0.15) is 5.26 Å². The zero-order valence-electron chi connectivity index (χ0n) is 11.0. The van der Waals surface area contributed by atoms with Crippen LogP contribution in [0.3, 0.4) is 0 Å². The lowest BCUT2D eigenvalue weighted by atomic mass is 9.90. The van der Waals surface area contributed by atoms with Crippen LogP contribution in [0.4, 0.5) is 0 Å². The van der Waals surface area contributed by atoms with E-state index in [-0.39, 0.29) is 11.5 Å². The van der Waals surface area contributed by atoms with Crippen molar-refractivity contribution >= 4 is 0 Å². The molecule has 0 spiro atoms. The second-order valence-corrected chi connectivity index (χ2v) is 4.60. The average molecular weight is 246 g/mol. The molecule has 0 aliphatic heterocycles. The third kappa shape index (κ3) is 2.02. The number of nitriles is 1. The van der Waals surface area contributed by atoms with Gasteiger partial charge in [0.05, 0.1) is 31.7 Å². The van der Waals surface area contributed by atoms with Crippen molar-refractivity contribution in [1.29, 1.82) is 5.26 Å². The number of methoxy groups -OCH3 is 2. The zero-order valence-corrected chi connectivity index (χ0v) is 11.0. The predicted molar refractivity (Wildman–Crippen MR) is 68.6 cm³/mol. The Balaban J connectivity index is 2.40. The highest BCUT2D eigenvalue weighted by atomic mass is 16.5. The van der Waals surface area contributed by atoms with E-state index in [9.17, 15) is 5.26 Å². The van der Waals surface area contributed by atoms with Crippen LogP contribution in [0.15, 0.2) is 18.2 Å². The molecule has 18 heavy (non-hydrogen) atoms. The third-order valence-corrected chi connectivity index (χ3v) is 3.60. The maximum atomic E-state index is 9.33. The molecule has 1 aromatic carbocycles. The number of benzene rings is 1. The summed E-state index contributed by atoms with van der Waals surface area (Å²) in [7, 11) is 5.14. The molecular weight excluding hydrogens is 228 g/mol. The third-order valence-electron chi connectivity index (χ3n) is 3.60. The summed E-state index contributed by atoms with van der Waals surface area (Å²) in [6.45, 7) is 0. The SMILES string of the molecule is CNC(c1ccc(OC)cc1OC)C1(C#N)CC1. The molecule has 96 valence electrons. The molecule has 4 nitrogen and oxygen atoms in total. The molecule has 1 atom stereocenters. The van der Waals surface area contributed by atoms with Gasteiger partial charge < -0.3 is 14.8 Å². The maximum absolute atomic E-state index is 9.33. The van der Waals surface area contributed by atoms with Gasteiger partial charge >= 0.3 is 0 Å². The second-order valence-electron chi connectivity index (χ2n) is 4.60. The standard InChI is InChI=1S/C14H18N2O2/c1-16-13(14(9-15)6-7-14)11-5-4-10(17-2)8-12(11)18-3/h4-5,8,13,16H,6-7H2,1-3H3. The number of rotatable bonds is 5. The topological polar surface area (TPSA) is 54.3 Å². The molecule has 0 radical (unpaired) electrons. The van der Waals surface area contributed by atoms with Crippen LogP contribution >= 0.6 is 0 Å². The average Bonchev–Trinajstić information content (AvgIpc) is 3.21. The van der Waals surface area contributed by atoms with Crippen molar-refractivity contribution in [2.45, 2.75) is 18.9 Å². The van der Waals surface area contributed by atoms with E-state index in [2.05, 4.69) is 11.4 Å². The molecule has 0 saturated heterocycles. The fourth-order valence-electron chi connectivity index (χ4n) is 2.39. The lowest BCUT2D eigenvalue weighted by Crippen LogP contribution is -2.26. The molecule has 0 bridgehead atoms. The molecule has 1 aliphatic carbocycles. The molecule has 1 aromatic rings. The van der Waals surface area contributed by atoms with Crippen molar-refractivity contribution < 1.29 is 9.47 Å². The lowest BCUT2D eigenvalue weighted by molar-refractivity contribution is 0.371. The Labute approximate surface area is 108 Å². The number of nitrogens with zero attached hydrogens (tertiary/aromatic N) is 1. The van der Waals surface area contributed by atoms with Gasteiger partial charge in [0, 0.05) is 11.6 Å². The molecule has 0 amide bonds. The van der Waals surface area contributed by atoms with Gasteiger partial charge in [-0.05, 0) is 26.0 Å². The van der Waals surface area contributed by atoms with E-state index in [1.165, 1.54) is 0 Å². The fourth-order valence-corrected chi connectivity index (χ4v) is 2.39. The minimum Gasteiger partial charge on any atom is -0.497 e. The molecule has 1 N–H and O–H groups in total. The first kappa shape index (κ1) is 12.7. The van der Waals surface area contributed by atoms with Crippen LogP contribution in [0.1, 0.15) is 24.4 Å². The summed E-state index contributed by atoms with van der Waals surface area (Å²) < 4.78 is 10.6. The Kier molecular flexibility index (Phi) is 3.44. The van der Waals surface area contributed by atoms with Crippen LogP contribution in [-0.2, 0) is 0 Å². The largest absolute Gasteiger partial charge is 0.497 e. The molecule has 0 aromatic heterocycles. The first-order chi connectivity index (χ1) is 8.70. The highest BCUT2D eigenvalue weighted by Gasteiger charge is 2.50. The van der Waals surface area contributed by atoms with E-state index in [0.29, 0.717) is 0 Å². The van der Waals surface area contributed by atoms with Crippen LogP contribution in [0.5, 0.6) is 11.5 Å². The monoisotopic (exact) mass is 246 g/mol. The van der Waals surface area contributed by atoms with Crippen molar-refractivity contribution in [2.24, 2.45) is 5.41 Å². The minimum absolute atomic E-state index is 0.00311. The highest BCUT2D eigenvalue weighted by molar-refractivity contribution is 5.45. The van der Waals surface area contributed by atoms with E-state index in [1.54, 1.807) is 14.2 Å². The number of nitrogens with one attached hydrogen (secondary N) is 1. The normalized spacial score (nSPS) is 17.7. The Morgan fingerprint density at radius 2 is 2.06 bits per heavy atom. The van der Waals surface area contributed by atoms with Gasteiger partial charge in [-0.15, -0.1) is 0 Å². The van der Waals surface area contributed by atoms with Crippen LogP contribution in [-0.4, -0.2) is 21.3 Å². The predicted octanol–water partition coefficient (Wildman–Crippen LogP) is 2.27. The Morgan fingerprint density at radius 1 is 1.33 bits per heavy atom. The van der Waals surface area contributed by atoms with E-state index >= 15 is 0 Å². The molecule has 1 fully saturated rings. The van der Waals surface area contributed by atoms with Crippen LogP contribution < -0.4 is 14.8 Å². The van der Waals surface area contributed by atoms with Crippen molar-refractivity contribution in [3.8, 4) is 17.6 Å². The van der Waals surface area contributed by atoms with E-state index in [4.69, 9.17) is 9.47 Å². The van der Waals surface area contributed by atoms with Gasteiger partial charge in [0.15, 0.2) is 0 Å². The van der Waals surface area contributed by atoms with Crippen LogP contribution in [0.2, 0.25) is 0 Å². The molecule has 1 aliphatic rings. The van der Waals surface area contributed by atoms with Crippen LogP contribution in [0.25, 0.3) is 0 Å². The number of ether oxygens (including phenoxy) is 2. The lowest BCUT2D eigenvalue weighted by Gasteiger charge is -2.23. The first-order valence-corrected chi connectivity index (χ1v) is 6.01. The van der Waals surface area contributed by atoms with Crippen LogP contribution in [0, 0.1) is 16.7 Å². The van der Waals surface area contributed by atoms with E-state index in [1.807, 2.05) is 25.2 Å². The summed E-state index contributed by atoms with van der Waals surface area (Å²) in [5.74, 6) is 1.52. The summed E-state index contributed by atoms with van der Waals surface area (Å²) >= 11 is 0. The Morgan fingerprint density at radius 3 is 2.50 bits per heavy atom. The van der Waals surface area contributed by atoms with E-state index in [0.717, 1.165) is 29.9 Å². The van der Waals surface area contributed by atoms with Gasteiger partial charge in [0.2, 0.25) is 0 Å². The van der Waals surface area contributed by atoms with Gasteiger partial charge in [0.1, 0.15) is 11.5 Å². The summed E-state index contributed by atoms with van der Waals surface area (Å²) in [6.07, 6.45) is 1.87. The molecule has 4 heteroatoms. The molecule has 1 unspecified atom stereocenters. The summed E-state index contributed by atoms with van der Waals surface area (Å²) in [4.78, 5) is 0. The fraction of sp³-hybridized carbons (Fsp3) is 0.500. The summed E-state index contributed by atoms with van der Waals surface area (Å²) in [5, 5.41) is 12.6. The Bertz CT molecular complexity index is 475. The van der Waals surface area contributed by atoms with E-state index < -0.39 is 0 Å². The second kappa shape index (κ2) is 4.87. The number of hydrogen-bond donors (Lipinski definition) is 1. The molecule has 2 rings (SSSR count). The van der Waals surface area contributed by atoms with Gasteiger partial charge in [0.25, 0.3) is 0 Å².